The zero-order valence-corrected chi connectivity index (χ0v) is 19.2. The summed E-state index contributed by atoms with van der Waals surface area (Å²) in [5, 5.41) is 8.18. The second-order valence-corrected chi connectivity index (χ2v) is 9.91. The van der Waals surface area contributed by atoms with E-state index >= 15 is 0 Å². The number of carbonyl (C=O) groups is 2. The van der Waals surface area contributed by atoms with Crippen LogP contribution in [0.2, 0.25) is 5.02 Å². The van der Waals surface area contributed by atoms with Crippen molar-refractivity contribution < 1.29 is 9.59 Å². The minimum absolute atomic E-state index is 0.174. The molecule has 0 spiro atoms. The number of thiazole rings is 1. The van der Waals surface area contributed by atoms with Crippen LogP contribution >= 0.6 is 22.9 Å². The Hall–Kier alpha value is -2.68. The average molecular weight is 470 g/mol. The van der Waals surface area contributed by atoms with Crippen molar-refractivity contribution in [2.45, 2.75) is 37.9 Å². The van der Waals surface area contributed by atoms with Crippen LogP contribution < -0.4 is 10.6 Å². The number of nitrogens with one attached hydrogen (secondary N) is 3. The van der Waals surface area contributed by atoms with Crippen molar-refractivity contribution in [1.82, 2.24) is 25.5 Å². The number of hydrogen-bond acceptors (Lipinski definition) is 5. The van der Waals surface area contributed by atoms with Crippen molar-refractivity contribution in [2.24, 2.45) is 0 Å². The Bertz CT molecular complexity index is 1220. The van der Waals surface area contributed by atoms with E-state index in [1.165, 1.54) is 11.3 Å². The van der Waals surface area contributed by atoms with E-state index in [4.69, 9.17) is 11.6 Å². The lowest BCUT2D eigenvalue weighted by Gasteiger charge is -2.29. The highest BCUT2D eigenvalue weighted by Crippen LogP contribution is 2.25. The van der Waals surface area contributed by atoms with Crippen molar-refractivity contribution in [1.29, 1.82) is 0 Å². The quantitative estimate of drug-likeness (QED) is 0.510. The first kappa shape index (κ1) is 21.2. The molecule has 5 rings (SSSR count). The third kappa shape index (κ3) is 4.30. The molecule has 32 heavy (non-hydrogen) atoms. The molecule has 0 bridgehead atoms. The van der Waals surface area contributed by atoms with E-state index in [0.29, 0.717) is 28.6 Å². The maximum absolute atomic E-state index is 12.9. The molecule has 166 valence electrons. The Kier molecular flexibility index (Phi) is 5.75. The van der Waals surface area contributed by atoms with Crippen molar-refractivity contribution in [3.63, 3.8) is 0 Å². The van der Waals surface area contributed by atoms with Crippen molar-refractivity contribution in [3.05, 3.63) is 62.7 Å². The molecule has 0 radical (unpaired) electrons. The normalized spacial score (nSPS) is 20.8. The monoisotopic (exact) mass is 469 g/mol. The summed E-state index contributed by atoms with van der Waals surface area (Å²) in [6.45, 7) is 1.79. The Labute approximate surface area is 194 Å². The lowest BCUT2D eigenvalue weighted by atomic mass is 9.95. The van der Waals surface area contributed by atoms with Gasteiger partial charge in [0.15, 0.2) is 5.01 Å². The Morgan fingerprint density at radius 2 is 1.91 bits per heavy atom. The van der Waals surface area contributed by atoms with Crippen LogP contribution in [0.4, 0.5) is 0 Å². The van der Waals surface area contributed by atoms with Gasteiger partial charge < -0.3 is 20.5 Å². The summed E-state index contributed by atoms with van der Waals surface area (Å²) in [6.07, 6.45) is 6.27. The van der Waals surface area contributed by atoms with Crippen LogP contribution in [0.25, 0.3) is 10.9 Å². The second-order valence-electron chi connectivity index (χ2n) is 8.39. The summed E-state index contributed by atoms with van der Waals surface area (Å²) >= 11 is 7.52. The second kappa shape index (κ2) is 8.69. The molecule has 0 saturated carbocycles. The number of halogens is 1. The van der Waals surface area contributed by atoms with Gasteiger partial charge in [0.2, 0.25) is 0 Å². The number of rotatable bonds is 4. The molecule has 2 aliphatic rings. The van der Waals surface area contributed by atoms with E-state index in [-0.39, 0.29) is 23.9 Å². The molecule has 3 aromatic rings. The van der Waals surface area contributed by atoms with Crippen LogP contribution in [0, 0.1) is 0 Å². The summed E-state index contributed by atoms with van der Waals surface area (Å²) in [6, 6.07) is 6.85. The average Bonchev–Trinajstić information content (AvgIpc) is 3.38. The van der Waals surface area contributed by atoms with Crippen LogP contribution in [0.1, 0.15) is 43.7 Å². The molecule has 7 nitrogen and oxygen atoms in total. The molecule has 0 saturated heterocycles. The van der Waals surface area contributed by atoms with E-state index in [0.717, 1.165) is 41.0 Å². The first-order chi connectivity index (χ1) is 15.5. The largest absolute Gasteiger partial charge is 0.351 e. The summed E-state index contributed by atoms with van der Waals surface area (Å²) in [7, 11) is 2.08. The van der Waals surface area contributed by atoms with Crippen LogP contribution in [0.15, 0.2) is 36.4 Å². The van der Waals surface area contributed by atoms with Crippen LogP contribution in [0.5, 0.6) is 0 Å². The third-order valence-corrected chi connectivity index (χ3v) is 7.33. The Morgan fingerprint density at radius 1 is 1.16 bits per heavy atom. The Morgan fingerprint density at radius 3 is 2.69 bits per heavy atom. The van der Waals surface area contributed by atoms with Gasteiger partial charge in [-0.1, -0.05) is 23.8 Å². The fourth-order valence-electron chi connectivity index (χ4n) is 4.26. The summed E-state index contributed by atoms with van der Waals surface area (Å²) in [5.41, 5.74) is 2.36. The van der Waals surface area contributed by atoms with Gasteiger partial charge in [0.05, 0.1) is 17.8 Å². The standard InChI is InChI=1S/C23H24ClN5O2S/c1-29-9-8-18-20(12-29)32-23(28-18)22(31)27-17-5-3-2-4-16(17)26-21(30)19-11-13-10-14(24)6-7-15(13)25-19/h2-3,6-7,10-11,16-17,25H,4-5,8-9,12H2,1H3,(H,26,30)(H,27,31)/t16-,17+/m1/s1. The van der Waals surface area contributed by atoms with E-state index in [1.807, 2.05) is 24.3 Å². The SMILES string of the molecule is CN1CCc2nc(C(=O)N[C@H]3CC=CC[C@H]3NC(=O)c3cc4cc(Cl)ccc4[nH]3)sc2C1. The minimum Gasteiger partial charge on any atom is -0.351 e. The summed E-state index contributed by atoms with van der Waals surface area (Å²) in [5.74, 6) is -0.378. The summed E-state index contributed by atoms with van der Waals surface area (Å²) < 4.78 is 0. The van der Waals surface area contributed by atoms with Crippen LogP contribution in [0.3, 0.4) is 0 Å². The maximum Gasteiger partial charge on any atom is 0.280 e. The highest BCUT2D eigenvalue weighted by Gasteiger charge is 2.28. The van der Waals surface area contributed by atoms with Gasteiger partial charge in [-0.15, -0.1) is 11.3 Å². The van der Waals surface area contributed by atoms with Gasteiger partial charge in [0, 0.05) is 40.3 Å². The number of likely N-dealkylation sites (N-methyl/N-ethyl adjacent to an activating group) is 1. The van der Waals surface area contributed by atoms with Crippen LogP contribution in [-0.2, 0) is 13.0 Å². The van der Waals surface area contributed by atoms with Crippen LogP contribution in [-0.4, -0.2) is 52.4 Å². The lowest BCUT2D eigenvalue weighted by molar-refractivity contribution is 0.0878. The molecule has 3 N–H and O–H groups in total. The molecule has 2 aromatic heterocycles. The van der Waals surface area contributed by atoms with Crippen molar-refractivity contribution in [2.75, 3.05) is 13.6 Å². The molecular formula is C23H24ClN5O2S. The zero-order valence-electron chi connectivity index (χ0n) is 17.7. The lowest BCUT2D eigenvalue weighted by Crippen LogP contribution is -2.52. The van der Waals surface area contributed by atoms with E-state index in [1.54, 1.807) is 12.1 Å². The third-order valence-electron chi connectivity index (χ3n) is 6.01. The molecule has 1 aromatic carbocycles. The first-order valence-electron chi connectivity index (χ1n) is 10.7. The molecule has 3 heterocycles. The molecular weight excluding hydrogens is 446 g/mol. The highest BCUT2D eigenvalue weighted by molar-refractivity contribution is 7.13. The predicted molar refractivity (Wildman–Crippen MR) is 126 cm³/mol. The Balaban J connectivity index is 1.28. The van der Waals surface area contributed by atoms with Gasteiger partial charge in [0.1, 0.15) is 5.69 Å². The fraction of sp³-hybridized carbons (Fsp3) is 0.348. The van der Waals surface area contributed by atoms with Crippen molar-refractivity contribution >= 4 is 45.7 Å². The number of H-pyrrole nitrogens is 1. The molecule has 2 atom stereocenters. The maximum atomic E-state index is 12.9. The molecule has 0 fully saturated rings. The first-order valence-corrected chi connectivity index (χ1v) is 11.9. The number of aromatic amines is 1. The number of fused-ring (bicyclic) bond motifs is 2. The van der Waals surface area contributed by atoms with Gasteiger partial charge >= 0.3 is 0 Å². The van der Waals surface area contributed by atoms with Gasteiger partial charge in [-0.2, -0.15) is 0 Å². The zero-order chi connectivity index (χ0) is 22.2. The highest BCUT2D eigenvalue weighted by atomic mass is 35.5. The van der Waals surface area contributed by atoms with Gasteiger partial charge in [-0.05, 0) is 44.2 Å². The number of amides is 2. The number of carbonyl (C=O) groups excluding carboxylic acids is 2. The van der Waals surface area contributed by atoms with Gasteiger partial charge in [0.25, 0.3) is 11.8 Å². The minimum atomic E-state index is -0.204. The van der Waals surface area contributed by atoms with Gasteiger partial charge in [-0.25, -0.2) is 4.98 Å². The smallest absolute Gasteiger partial charge is 0.280 e. The van der Waals surface area contributed by atoms with E-state index < -0.39 is 0 Å². The molecule has 0 unspecified atom stereocenters. The molecule has 2 amide bonds. The fourth-order valence-corrected chi connectivity index (χ4v) is 5.53. The number of nitrogens with zero attached hydrogens (tertiary/aromatic N) is 2. The predicted octanol–water partition coefficient (Wildman–Crippen LogP) is 3.51. The van der Waals surface area contributed by atoms with Crippen molar-refractivity contribution in [3.8, 4) is 0 Å². The number of benzene rings is 1. The molecule has 1 aliphatic carbocycles. The van der Waals surface area contributed by atoms with E-state index in [2.05, 4.69) is 32.5 Å². The number of aromatic nitrogens is 2. The number of hydrogen-bond donors (Lipinski definition) is 3. The van der Waals surface area contributed by atoms with Gasteiger partial charge in [-0.3, -0.25) is 9.59 Å². The molecule has 1 aliphatic heterocycles. The summed E-state index contributed by atoms with van der Waals surface area (Å²) in [4.78, 5) is 36.9. The van der Waals surface area contributed by atoms with E-state index in [9.17, 15) is 9.59 Å². The molecule has 9 heteroatoms. The topological polar surface area (TPSA) is 90.1 Å².